The van der Waals surface area contributed by atoms with Crippen molar-refractivity contribution in [2.75, 3.05) is 0 Å². The van der Waals surface area contributed by atoms with Crippen LogP contribution in [-0.4, -0.2) is 4.57 Å². The van der Waals surface area contributed by atoms with Crippen LogP contribution < -0.4 is 10.1 Å². The Balaban J connectivity index is 2.38. The fourth-order valence-electron chi connectivity index (χ4n) is 2.25. The first-order chi connectivity index (χ1) is 9.16. The van der Waals surface area contributed by atoms with E-state index in [2.05, 4.69) is 31.2 Å². The van der Waals surface area contributed by atoms with Crippen molar-refractivity contribution in [1.29, 1.82) is 0 Å². The summed E-state index contributed by atoms with van der Waals surface area (Å²) in [5, 5.41) is 0.730. The summed E-state index contributed by atoms with van der Waals surface area (Å²) in [4.78, 5) is 12.1. The monoisotopic (exact) mass is 251 g/mol. The van der Waals surface area contributed by atoms with E-state index in [9.17, 15) is 4.79 Å². The van der Waals surface area contributed by atoms with Gasteiger partial charge in [-0.15, -0.1) is 0 Å². The summed E-state index contributed by atoms with van der Waals surface area (Å²) in [6, 6.07) is 15.9. The molecule has 0 saturated heterocycles. The summed E-state index contributed by atoms with van der Waals surface area (Å²) in [5.74, 6) is 0. The van der Waals surface area contributed by atoms with E-state index in [0.717, 1.165) is 16.6 Å². The summed E-state index contributed by atoms with van der Waals surface area (Å²) in [7, 11) is 1.78. The van der Waals surface area contributed by atoms with Crippen LogP contribution in [0.1, 0.15) is 5.56 Å². The van der Waals surface area contributed by atoms with Gasteiger partial charge in [0.25, 0.3) is 6.33 Å². The summed E-state index contributed by atoms with van der Waals surface area (Å²) < 4.78 is 3.65. The van der Waals surface area contributed by atoms with Crippen molar-refractivity contribution in [2.24, 2.45) is 7.05 Å². The predicted octanol–water partition coefficient (Wildman–Crippen LogP) is 2.12. The highest BCUT2D eigenvalue weighted by atomic mass is 16.1. The summed E-state index contributed by atoms with van der Waals surface area (Å²) in [5.41, 5.74) is 3.23. The summed E-state index contributed by atoms with van der Waals surface area (Å²) in [6.07, 6.45) is 1.83. The zero-order chi connectivity index (χ0) is 13.4. The second-order valence-corrected chi connectivity index (χ2v) is 4.75. The van der Waals surface area contributed by atoms with Crippen LogP contribution in [0.15, 0.2) is 59.7 Å². The lowest BCUT2D eigenvalue weighted by molar-refractivity contribution is -0.572. The summed E-state index contributed by atoms with van der Waals surface area (Å²) in [6.45, 7) is 2.06. The average Bonchev–Trinajstić information content (AvgIpc) is 2.44. The van der Waals surface area contributed by atoms with E-state index >= 15 is 0 Å². The first-order valence-electron chi connectivity index (χ1n) is 6.24. The fourth-order valence-corrected chi connectivity index (χ4v) is 2.25. The molecule has 3 rings (SSSR count). The van der Waals surface area contributed by atoms with Crippen molar-refractivity contribution < 1.29 is 4.57 Å². The molecule has 0 spiro atoms. The van der Waals surface area contributed by atoms with E-state index in [0.29, 0.717) is 0 Å². The van der Waals surface area contributed by atoms with Crippen LogP contribution in [0.3, 0.4) is 0 Å². The third-order valence-corrected chi connectivity index (χ3v) is 3.32. The van der Waals surface area contributed by atoms with E-state index in [1.54, 1.807) is 11.6 Å². The molecule has 0 aliphatic rings. The second-order valence-electron chi connectivity index (χ2n) is 4.75. The Morgan fingerprint density at radius 3 is 2.42 bits per heavy atom. The third-order valence-electron chi connectivity index (χ3n) is 3.32. The van der Waals surface area contributed by atoms with Crippen LogP contribution in [0.4, 0.5) is 0 Å². The first kappa shape index (κ1) is 11.7. The van der Waals surface area contributed by atoms with Crippen molar-refractivity contribution in [3.8, 4) is 5.69 Å². The molecule has 0 radical (unpaired) electrons. The topological polar surface area (TPSA) is 25.9 Å². The van der Waals surface area contributed by atoms with Gasteiger partial charge in [-0.1, -0.05) is 29.8 Å². The Bertz CT molecular complexity index is 801. The zero-order valence-corrected chi connectivity index (χ0v) is 11.0. The average molecular weight is 251 g/mol. The quantitative estimate of drug-likeness (QED) is 0.608. The molecule has 0 fully saturated rings. The summed E-state index contributed by atoms with van der Waals surface area (Å²) >= 11 is 0. The van der Waals surface area contributed by atoms with E-state index in [1.165, 1.54) is 5.56 Å². The van der Waals surface area contributed by atoms with Crippen molar-refractivity contribution in [2.45, 2.75) is 6.92 Å². The minimum absolute atomic E-state index is 0.0268. The smallest absolute Gasteiger partial charge is 0.241 e. The number of aromatic nitrogens is 2. The molecular formula is C16H15N2O+. The molecule has 0 N–H and O–H groups in total. The van der Waals surface area contributed by atoms with Gasteiger partial charge in [-0.25, -0.2) is 9.36 Å². The molecule has 0 unspecified atom stereocenters. The van der Waals surface area contributed by atoms with Crippen molar-refractivity contribution in [3.63, 3.8) is 0 Å². The minimum Gasteiger partial charge on any atom is -0.241 e. The Labute approximate surface area is 111 Å². The SMILES string of the molecule is Cc1ccc(-[n+]2cn(C)c(=O)c3ccccc32)cc1. The molecule has 0 atom stereocenters. The molecule has 19 heavy (non-hydrogen) atoms. The number of para-hydroxylation sites is 1. The van der Waals surface area contributed by atoms with Gasteiger partial charge in [0.15, 0.2) is 0 Å². The largest absolute Gasteiger partial charge is 0.344 e. The van der Waals surface area contributed by atoms with Gasteiger partial charge < -0.3 is 0 Å². The normalized spacial score (nSPS) is 10.8. The van der Waals surface area contributed by atoms with Gasteiger partial charge in [0, 0.05) is 0 Å². The Morgan fingerprint density at radius 1 is 1.00 bits per heavy atom. The van der Waals surface area contributed by atoms with E-state index < -0.39 is 0 Å². The molecule has 3 heteroatoms. The maximum absolute atomic E-state index is 12.1. The highest BCUT2D eigenvalue weighted by Gasteiger charge is 2.13. The maximum Gasteiger partial charge on any atom is 0.344 e. The van der Waals surface area contributed by atoms with Crippen LogP contribution in [0.5, 0.6) is 0 Å². The molecule has 2 aromatic carbocycles. The lowest BCUT2D eigenvalue weighted by Crippen LogP contribution is -2.38. The first-order valence-corrected chi connectivity index (χ1v) is 6.24. The number of hydrogen-bond acceptors (Lipinski definition) is 1. The van der Waals surface area contributed by atoms with Gasteiger partial charge in [-0.05, 0) is 31.2 Å². The molecule has 3 nitrogen and oxygen atoms in total. The van der Waals surface area contributed by atoms with E-state index in [4.69, 9.17) is 0 Å². The Morgan fingerprint density at radius 2 is 1.68 bits per heavy atom. The lowest BCUT2D eigenvalue weighted by atomic mass is 10.2. The number of rotatable bonds is 1. The molecule has 1 aromatic heterocycles. The van der Waals surface area contributed by atoms with E-state index in [-0.39, 0.29) is 5.56 Å². The number of fused-ring (bicyclic) bond motifs is 1. The van der Waals surface area contributed by atoms with Crippen molar-refractivity contribution in [1.82, 2.24) is 4.57 Å². The van der Waals surface area contributed by atoms with Crippen molar-refractivity contribution in [3.05, 3.63) is 70.8 Å². The van der Waals surface area contributed by atoms with Crippen LogP contribution in [0.25, 0.3) is 16.6 Å². The molecule has 0 amide bonds. The highest BCUT2D eigenvalue weighted by molar-refractivity contribution is 5.74. The third kappa shape index (κ3) is 1.93. The van der Waals surface area contributed by atoms with Gasteiger partial charge >= 0.3 is 5.56 Å². The molecule has 3 aromatic rings. The van der Waals surface area contributed by atoms with Crippen LogP contribution in [0, 0.1) is 6.92 Å². The van der Waals surface area contributed by atoms with E-state index in [1.807, 2.05) is 35.2 Å². The maximum atomic E-state index is 12.1. The second kappa shape index (κ2) is 4.35. The zero-order valence-electron chi connectivity index (χ0n) is 11.0. The van der Waals surface area contributed by atoms with Gasteiger partial charge in [0.1, 0.15) is 16.6 Å². The van der Waals surface area contributed by atoms with Gasteiger partial charge in [-0.2, -0.15) is 4.57 Å². The molecular weight excluding hydrogens is 236 g/mol. The lowest BCUT2D eigenvalue weighted by Gasteiger charge is -2.05. The molecule has 1 heterocycles. The standard InChI is InChI=1S/C16H15N2O/c1-12-7-9-13(10-8-12)18-11-17(2)16(19)14-5-3-4-6-15(14)18/h3-11H,1-2H3/q+1. The van der Waals surface area contributed by atoms with Crippen LogP contribution >= 0.6 is 0 Å². The van der Waals surface area contributed by atoms with Gasteiger partial charge in [0.2, 0.25) is 0 Å². The molecule has 94 valence electrons. The number of nitrogens with zero attached hydrogens (tertiary/aromatic N) is 2. The number of benzene rings is 2. The molecule has 0 saturated carbocycles. The Hall–Kier alpha value is -2.42. The number of hydrogen-bond donors (Lipinski definition) is 0. The van der Waals surface area contributed by atoms with Crippen LogP contribution in [0.2, 0.25) is 0 Å². The molecule has 0 aliphatic heterocycles. The predicted molar refractivity (Wildman–Crippen MR) is 75.5 cm³/mol. The molecule has 0 aliphatic carbocycles. The van der Waals surface area contributed by atoms with Gasteiger partial charge in [-0.3, -0.25) is 0 Å². The van der Waals surface area contributed by atoms with Crippen LogP contribution in [-0.2, 0) is 7.05 Å². The fraction of sp³-hybridized carbons (Fsp3) is 0.125. The minimum atomic E-state index is 0.0268. The number of aryl methyl sites for hydroxylation is 2. The molecule has 0 bridgehead atoms. The van der Waals surface area contributed by atoms with Crippen molar-refractivity contribution >= 4 is 10.9 Å². The highest BCUT2D eigenvalue weighted by Crippen LogP contribution is 2.08. The Kier molecular flexibility index (Phi) is 2.67. The van der Waals surface area contributed by atoms with Gasteiger partial charge in [0.05, 0.1) is 7.05 Å².